The van der Waals surface area contributed by atoms with E-state index in [-0.39, 0.29) is 0 Å². The van der Waals surface area contributed by atoms with Gasteiger partial charge in [0.15, 0.2) is 0 Å². The Morgan fingerprint density at radius 3 is 2.90 bits per heavy atom. The number of benzene rings is 1. The lowest BCUT2D eigenvalue weighted by Gasteiger charge is -2.02. The molecule has 20 heavy (non-hydrogen) atoms. The number of halogens is 1. The summed E-state index contributed by atoms with van der Waals surface area (Å²) >= 11 is 0. The molecule has 7 heteroatoms. The van der Waals surface area contributed by atoms with Crippen LogP contribution in [0.25, 0.3) is 5.69 Å². The maximum atomic E-state index is 13.6. The van der Waals surface area contributed by atoms with Gasteiger partial charge in [0.05, 0.1) is 16.3 Å². The summed E-state index contributed by atoms with van der Waals surface area (Å²) in [5, 5.41) is 18.2. The molecule has 1 aromatic carbocycles. The predicted molar refractivity (Wildman–Crippen MR) is 70.0 cm³/mol. The number of nitrogens with zero attached hydrogens (tertiary/aromatic N) is 3. The molecule has 1 heterocycles. The first-order valence-electron chi connectivity index (χ1n) is 6.36. The van der Waals surface area contributed by atoms with Gasteiger partial charge in [-0.2, -0.15) is 9.49 Å². The zero-order valence-corrected chi connectivity index (χ0v) is 10.6. The monoisotopic (exact) mass is 276 g/mol. The summed E-state index contributed by atoms with van der Waals surface area (Å²) in [6.45, 7) is 0.674. The fraction of sp³-hybridized carbons (Fsp3) is 0.308. The molecule has 0 amide bonds. The van der Waals surface area contributed by atoms with E-state index in [0.717, 1.165) is 17.8 Å². The Morgan fingerprint density at radius 2 is 2.25 bits per heavy atom. The molecule has 0 radical (unpaired) electrons. The van der Waals surface area contributed by atoms with Crippen molar-refractivity contribution in [3.63, 3.8) is 0 Å². The highest BCUT2D eigenvalue weighted by Gasteiger charge is 2.20. The van der Waals surface area contributed by atoms with E-state index in [1.54, 1.807) is 6.20 Å². The summed E-state index contributed by atoms with van der Waals surface area (Å²) in [4.78, 5) is 9.82. The molecule has 3 rings (SSSR count). The van der Waals surface area contributed by atoms with E-state index in [0.29, 0.717) is 18.3 Å². The van der Waals surface area contributed by atoms with E-state index in [1.807, 2.05) is 6.07 Å². The number of hydrogen-bond acceptors (Lipinski definition) is 4. The second-order valence-electron chi connectivity index (χ2n) is 4.80. The Kier molecular flexibility index (Phi) is 3.19. The molecule has 1 fully saturated rings. The number of nitro benzene ring substituents is 1. The van der Waals surface area contributed by atoms with Crippen LogP contribution in [0.4, 0.5) is 10.1 Å². The first-order chi connectivity index (χ1) is 9.63. The van der Waals surface area contributed by atoms with Crippen molar-refractivity contribution in [2.24, 2.45) is 0 Å². The number of hydrogen-bond donors (Lipinski definition) is 1. The number of nitro groups is 1. The van der Waals surface area contributed by atoms with Crippen LogP contribution in [-0.2, 0) is 6.54 Å². The van der Waals surface area contributed by atoms with E-state index in [4.69, 9.17) is 0 Å². The summed E-state index contributed by atoms with van der Waals surface area (Å²) in [6, 6.07) is 6.18. The molecule has 0 aliphatic heterocycles. The largest absolute Gasteiger partial charge is 0.308 e. The lowest BCUT2D eigenvalue weighted by atomic mass is 10.3. The van der Waals surface area contributed by atoms with Gasteiger partial charge in [-0.1, -0.05) is 0 Å². The van der Waals surface area contributed by atoms with Crippen LogP contribution in [-0.4, -0.2) is 20.7 Å². The van der Waals surface area contributed by atoms with Gasteiger partial charge in [0.25, 0.3) is 0 Å². The molecule has 0 bridgehead atoms. The Bertz CT molecular complexity index is 652. The van der Waals surface area contributed by atoms with Gasteiger partial charge in [-0.05, 0) is 25.0 Å². The van der Waals surface area contributed by atoms with Gasteiger partial charge >= 0.3 is 5.69 Å². The number of rotatable bonds is 5. The average Bonchev–Trinajstić information content (AvgIpc) is 3.13. The highest BCUT2D eigenvalue weighted by Crippen LogP contribution is 2.21. The van der Waals surface area contributed by atoms with Crippen LogP contribution < -0.4 is 5.32 Å². The second-order valence-corrected chi connectivity index (χ2v) is 4.80. The van der Waals surface area contributed by atoms with E-state index in [1.165, 1.54) is 23.6 Å². The fourth-order valence-corrected chi connectivity index (χ4v) is 1.92. The molecule has 1 aliphatic carbocycles. The average molecular weight is 276 g/mol. The third-order valence-corrected chi connectivity index (χ3v) is 3.19. The molecular formula is C13H13FN4O2. The molecule has 104 valence electrons. The minimum absolute atomic E-state index is 0.464. The third-order valence-electron chi connectivity index (χ3n) is 3.19. The molecule has 1 saturated carbocycles. The van der Waals surface area contributed by atoms with Crippen molar-refractivity contribution in [1.29, 1.82) is 0 Å². The lowest BCUT2D eigenvalue weighted by molar-refractivity contribution is -0.387. The molecule has 0 atom stereocenters. The van der Waals surface area contributed by atoms with Crippen LogP contribution in [0.3, 0.4) is 0 Å². The SMILES string of the molecule is O=[N+]([O-])c1ccc(-n2ccc(CNC3CC3)n2)cc1F. The Labute approximate surface area is 114 Å². The summed E-state index contributed by atoms with van der Waals surface area (Å²) in [5.41, 5.74) is 0.790. The maximum absolute atomic E-state index is 13.6. The van der Waals surface area contributed by atoms with Crippen molar-refractivity contribution in [2.45, 2.75) is 25.4 Å². The van der Waals surface area contributed by atoms with E-state index >= 15 is 0 Å². The first kappa shape index (κ1) is 12.7. The molecule has 6 nitrogen and oxygen atoms in total. The van der Waals surface area contributed by atoms with Crippen molar-refractivity contribution in [2.75, 3.05) is 0 Å². The van der Waals surface area contributed by atoms with Crippen LogP contribution >= 0.6 is 0 Å². The zero-order valence-electron chi connectivity index (χ0n) is 10.6. The van der Waals surface area contributed by atoms with Crippen molar-refractivity contribution in [3.05, 3.63) is 52.1 Å². The van der Waals surface area contributed by atoms with Crippen LogP contribution in [0.15, 0.2) is 30.5 Å². The number of nitrogens with one attached hydrogen (secondary N) is 1. The van der Waals surface area contributed by atoms with E-state index < -0.39 is 16.4 Å². The third kappa shape index (κ3) is 2.67. The summed E-state index contributed by atoms with van der Waals surface area (Å²) in [6.07, 6.45) is 4.12. The van der Waals surface area contributed by atoms with Crippen molar-refractivity contribution >= 4 is 5.69 Å². The van der Waals surface area contributed by atoms with Crippen LogP contribution in [0, 0.1) is 15.9 Å². The predicted octanol–water partition coefficient (Wildman–Crippen LogP) is 2.17. The molecule has 0 spiro atoms. The van der Waals surface area contributed by atoms with E-state index in [9.17, 15) is 14.5 Å². The highest BCUT2D eigenvalue weighted by atomic mass is 19.1. The van der Waals surface area contributed by atoms with Crippen molar-refractivity contribution in [1.82, 2.24) is 15.1 Å². The Morgan fingerprint density at radius 1 is 1.45 bits per heavy atom. The lowest BCUT2D eigenvalue weighted by Crippen LogP contribution is -2.15. The molecule has 1 N–H and O–H groups in total. The van der Waals surface area contributed by atoms with Gasteiger partial charge in [-0.15, -0.1) is 0 Å². The second kappa shape index (κ2) is 5.01. The standard InChI is InChI=1S/C13H13FN4O2/c14-12-7-11(3-4-13(12)18(19)20)17-6-5-10(16-17)8-15-9-1-2-9/h3-7,9,15H,1-2,8H2. The van der Waals surface area contributed by atoms with Crippen LogP contribution in [0.1, 0.15) is 18.5 Å². The minimum atomic E-state index is -0.861. The summed E-state index contributed by atoms with van der Waals surface area (Å²) < 4.78 is 15.1. The Balaban J connectivity index is 1.77. The normalized spacial score (nSPS) is 14.4. The summed E-state index contributed by atoms with van der Waals surface area (Å²) in [5.74, 6) is -0.861. The van der Waals surface area contributed by atoms with Crippen molar-refractivity contribution in [3.8, 4) is 5.69 Å². The zero-order chi connectivity index (χ0) is 14.1. The fourth-order valence-electron chi connectivity index (χ4n) is 1.92. The molecular weight excluding hydrogens is 263 g/mol. The van der Waals surface area contributed by atoms with Gasteiger partial charge in [-0.3, -0.25) is 10.1 Å². The van der Waals surface area contributed by atoms with Gasteiger partial charge < -0.3 is 5.32 Å². The highest BCUT2D eigenvalue weighted by molar-refractivity contribution is 5.41. The van der Waals surface area contributed by atoms with Crippen LogP contribution in [0.5, 0.6) is 0 Å². The molecule has 1 aromatic heterocycles. The number of aromatic nitrogens is 2. The van der Waals surface area contributed by atoms with Gasteiger partial charge in [-0.25, -0.2) is 4.68 Å². The maximum Gasteiger partial charge on any atom is 0.304 e. The molecule has 2 aromatic rings. The molecule has 1 aliphatic rings. The van der Waals surface area contributed by atoms with Crippen molar-refractivity contribution < 1.29 is 9.31 Å². The van der Waals surface area contributed by atoms with E-state index in [2.05, 4.69) is 10.4 Å². The molecule has 0 unspecified atom stereocenters. The van der Waals surface area contributed by atoms with Gasteiger partial charge in [0.2, 0.25) is 5.82 Å². The van der Waals surface area contributed by atoms with Crippen LogP contribution in [0.2, 0.25) is 0 Å². The molecule has 0 saturated heterocycles. The van der Waals surface area contributed by atoms with Gasteiger partial charge in [0, 0.05) is 30.9 Å². The van der Waals surface area contributed by atoms with Gasteiger partial charge in [0.1, 0.15) is 0 Å². The topological polar surface area (TPSA) is 73.0 Å². The quantitative estimate of drug-likeness (QED) is 0.671. The summed E-state index contributed by atoms with van der Waals surface area (Å²) in [7, 11) is 0. The smallest absolute Gasteiger partial charge is 0.304 e. The Hall–Kier alpha value is -2.28. The minimum Gasteiger partial charge on any atom is -0.308 e. The first-order valence-corrected chi connectivity index (χ1v) is 6.36.